The lowest BCUT2D eigenvalue weighted by Gasteiger charge is -2.26. The van der Waals surface area contributed by atoms with Gasteiger partial charge < -0.3 is 14.1 Å². The first kappa shape index (κ1) is 23.1. The van der Waals surface area contributed by atoms with E-state index in [1.807, 2.05) is 42.5 Å². The highest BCUT2D eigenvalue weighted by molar-refractivity contribution is 7.91. The third-order valence-electron chi connectivity index (χ3n) is 5.58. The van der Waals surface area contributed by atoms with E-state index in [1.54, 1.807) is 36.3 Å². The summed E-state index contributed by atoms with van der Waals surface area (Å²) in [4.78, 5) is 14.7. The summed E-state index contributed by atoms with van der Waals surface area (Å²) in [5, 5.41) is 0.633. The molecule has 1 aromatic heterocycles. The fraction of sp³-hybridized carbons (Fsp3) is 0.240. The van der Waals surface area contributed by atoms with Crippen LogP contribution in [0.15, 0.2) is 71.2 Å². The summed E-state index contributed by atoms with van der Waals surface area (Å²) in [7, 11) is -1.57. The third-order valence-corrected chi connectivity index (χ3v) is 7.59. The highest BCUT2D eigenvalue weighted by Crippen LogP contribution is 2.26. The first-order chi connectivity index (χ1) is 15.8. The van der Waals surface area contributed by atoms with E-state index in [9.17, 15) is 13.2 Å². The lowest BCUT2D eigenvalue weighted by atomic mass is 10.1. The van der Waals surface area contributed by atoms with Crippen LogP contribution in [0.3, 0.4) is 0 Å². The number of hydrogen-bond donors (Lipinski definition) is 0. The molecule has 0 saturated carbocycles. The summed E-state index contributed by atoms with van der Waals surface area (Å²) in [5.41, 5.74) is 1.71. The molecular formula is C25H24ClNO5S. The minimum atomic E-state index is -3.16. The number of nitrogens with zero attached hydrogens (tertiary/aromatic N) is 1. The molecule has 4 rings (SSSR count). The summed E-state index contributed by atoms with van der Waals surface area (Å²) in [5.74, 6) is 1.73. The highest BCUT2D eigenvalue weighted by atomic mass is 35.5. The lowest BCUT2D eigenvalue weighted by molar-refractivity contribution is -0.128. The zero-order valence-electron chi connectivity index (χ0n) is 18.1. The number of benzene rings is 2. The number of hydrogen-bond acceptors (Lipinski definition) is 5. The van der Waals surface area contributed by atoms with Gasteiger partial charge >= 0.3 is 0 Å². The molecule has 0 bridgehead atoms. The molecule has 1 aliphatic rings. The van der Waals surface area contributed by atoms with Gasteiger partial charge in [-0.25, -0.2) is 8.42 Å². The Morgan fingerprint density at radius 3 is 2.48 bits per heavy atom. The zero-order chi connectivity index (χ0) is 23.4. The second-order valence-corrected chi connectivity index (χ2v) is 10.6. The van der Waals surface area contributed by atoms with E-state index in [2.05, 4.69) is 0 Å². The normalized spacial score (nSPS) is 17.3. The molecule has 0 N–H and O–H groups in total. The van der Waals surface area contributed by atoms with Gasteiger partial charge in [0.25, 0.3) is 0 Å². The zero-order valence-corrected chi connectivity index (χ0v) is 19.7. The minimum absolute atomic E-state index is 0.0418. The molecule has 1 amide bonds. The van der Waals surface area contributed by atoms with Gasteiger partial charge in [-0.2, -0.15) is 0 Å². The molecule has 1 saturated heterocycles. The maximum atomic E-state index is 13.1. The largest absolute Gasteiger partial charge is 0.497 e. The van der Waals surface area contributed by atoms with Gasteiger partial charge in [-0.3, -0.25) is 4.79 Å². The Morgan fingerprint density at radius 2 is 1.85 bits per heavy atom. The van der Waals surface area contributed by atoms with Crippen LogP contribution in [-0.4, -0.2) is 43.9 Å². The van der Waals surface area contributed by atoms with Crippen LogP contribution in [0.25, 0.3) is 17.4 Å². The SMILES string of the molecule is COc1ccc(/C=C/C(=O)N(Cc2ccc(-c3ccc(Cl)cc3)o2)[C@H]2CCS(=O)(=O)C2)cc1. The quantitative estimate of drug-likeness (QED) is 0.447. The summed E-state index contributed by atoms with van der Waals surface area (Å²) in [6, 6.07) is 17.8. The summed E-state index contributed by atoms with van der Waals surface area (Å²) < 4.78 is 35.3. The topological polar surface area (TPSA) is 76.8 Å². The molecule has 0 spiro atoms. The van der Waals surface area contributed by atoms with Crippen LogP contribution in [0.5, 0.6) is 5.75 Å². The fourth-order valence-corrected chi connectivity index (χ4v) is 5.64. The minimum Gasteiger partial charge on any atom is -0.497 e. The van der Waals surface area contributed by atoms with Gasteiger partial charge in [0, 0.05) is 22.7 Å². The molecule has 2 heterocycles. The molecule has 2 aromatic carbocycles. The molecule has 6 nitrogen and oxygen atoms in total. The van der Waals surface area contributed by atoms with E-state index in [1.165, 1.54) is 6.08 Å². The van der Waals surface area contributed by atoms with Gasteiger partial charge in [0.2, 0.25) is 5.91 Å². The third kappa shape index (κ3) is 5.86. The monoisotopic (exact) mass is 485 g/mol. The van der Waals surface area contributed by atoms with Crippen LogP contribution in [0.4, 0.5) is 0 Å². The van der Waals surface area contributed by atoms with Crippen molar-refractivity contribution in [3.63, 3.8) is 0 Å². The number of amides is 1. The van der Waals surface area contributed by atoms with Gasteiger partial charge in [-0.15, -0.1) is 0 Å². The van der Waals surface area contributed by atoms with Gasteiger partial charge in [-0.05, 0) is 66.6 Å². The molecule has 1 atom stereocenters. The van der Waals surface area contributed by atoms with Gasteiger partial charge in [0.05, 0.1) is 25.2 Å². The summed E-state index contributed by atoms with van der Waals surface area (Å²) in [6.07, 6.45) is 3.59. The summed E-state index contributed by atoms with van der Waals surface area (Å²) >= 11 is 5.96. The van der Waals surface area contributed by atoms with Crippen molar-refractivity contribution in [1.29, 1.82) is 0 Å². The van der Waals surface area contributed by atoms with Crippen LogP contribution in [0.1, 0.15) is 17.7 Å². The van der Waals surface area contributed by atoms with E-state index in [0.29, 0.717) is 23.0 Å². The Balaban J connectivity index is 1.54. The molecule has 1 aliphatic heterocycles. The Labute approximate surface area is 198 Å². The molecular weight excluding hydrogens is 462 g/mol. The van der Waals surface area contributed by atoms with Crippen molar-refractivity contribution in [1.82, 2.24) is 4.90 Å². The van der Waals surface area contributed by atoms with Crippen LogP contribution in [0.2, 0.25) is 5.02 Å². The molecule has 33 heavy (non-hydrogen) atoms. The number of furan rings is 1. The van der Waals surface area contributed by atoms with E-state index < -0.39 is 15.9 Å². The second-order valence-electron chi connectivity index (χ2n) is 7.90. The van der Waals surface area contributed by atoms with Crippen molar-refractivity contribution in [2.45, 2.75) is 19.0 Å². The number of halogens is 1. The Hall–Kier alpha value is -3.03. The van der Waals surface area contributed by atoms with Crippen molar-refractivity contribution in [2.75, 3.05) is 18.6 Å². The van der Waals surface area contributed by atoms with Crippen LogP contribution in [-0.2, 0) is 21.2 Å². The van der Waals surface area contributed by atoms with E-state index in [0.717, 1.165) is 16.9 Å². The van der Waals surface area contributed by atoms with Crippen LogP contribution < -0.4 is 4.74 Å². The predicted molar refractivity (Wildman–Crippen MR) is 129 cm³/mol. The number of carbonyl (C=O) groups excluding carboxylic acids is 1. The Kier molecular flexibility index (Phi) is 6.91. The van der Waals surface area contributed by atoms with E-state index >= 15 is 0 Å². The summed E-state index contributed by atoms with van der Waals surface area (Å²) in [6.45, 7) is 0.180. The van der Waals surface area contributed by atoms with Crippen LogP contribution in [0, 0.1) is 0 Å². The first-order valence-corrected chi connectivity index (χ1v) is 12.7. The van der Waals surface area contributed by atoms with E-state index in [4.69, 9.17) is 20.8 Å². The molecule has 1 fully saturated rings. The van der Waals surface area contributed by atoms with Gasteiger partial charge in [0.1, 0.15) is 17.3 Å². The van der Waals surface area contributed by atoms with Crippen molar-refractivity contribution in [2.24, 2.45) is 0 Å². The van der Waals surface area contributed by atoms with E-state index in [-0.39, 0.29) is 24.0 Å². The number of sulfone groups is 1. The number of carbonyl (C=O) groups is 1. The second kappa shape index (κ2) is 9.85. The smallest absolute Gasteiger partial charge is 0.247 e. The molecule has 8 heteroatoms. The Morgan fingerprint density at radius 1 is 1.12 bits per heavy atom. The molecule has 0 aliphatic carbocycles. The van der Waals surface area contributed by atoms with Crippen molar-refractivity contribution < 1.29 is 22.4 Å². The molecule has 0 unspecified atom stereocenters. The van der Waals surface area contributed by atoms with Crippen molar-refractivity contribution in [3.8, 4) is 17.1 Å². The first-order valence-electron chi connectivity index (χ1n) is 10.5. The Bertz CT molecular complexity index is 1250. The standard InChI is InChI=1S/C25H24ClNO5S/c1-31-22-9-2-18(3-10-22)4-13-25(28)27(21-14-15-33(29,30)17-21)16-23-11-12-24(32-23)19-5-7-20(26)8-6-19/h2-13,21H,14-17H2,1H3/b13-4+/t21-/m0/s1. The predicted octanol–water partition coefficient (Wildman–Crippen LogP) is 4.84. The average molecular weight is 486 g/mol. The number of methoxy groups -OCH3 is 1. The lowest BCUT2D eigenvalue weighted by Crippen LogP contribution is -2.39. The maximum Gasteiger partial charge on any atom is 0.247 e. The highest BCUT2D eigenvalue weighted by Gasteiger charge is 2.34. The molecule has 3 aromatic rings. The van der Waals surface area contributed by atoms with Crippen molar-refractivity contribution in [3.05, 3.63) is 83.1 Å². The fourth-order valence-electron chi connectivity index (χ4n) is 3.79. The van der Waals surface area contributed by atoms with Crippen LogP contribution >= 0.6 is 11.6 Å². The molecule has 172 valence electrons. The van der Waals surface area contributed by atoms with Gasteiger partial charge in [0.15, 0.2) is 9.84 Å². The van der Waals surface area contributed by atoms with Gasteiger partial charge in [-0.1, -0.05) is 23.7 Å². The average Bonchev–Trinajstić information content (AvgIpc) is 3.42. The number of rotatable bonds is 7. The molecule has 0 radical (unpaired) electrons. The maximum absolute atomic E-state index is 13.1. The number of ether oxygens (including phenoxy) is 1. The van der Waals surface area contributed by atoms with Crippen molar-refractivity contribution >= 4 is 33.4 Å².